The molecular formula is C14H11FN6O. The number of hydrogen-bond acceptors (Lipinski definition) is 5. The number of aromatic nitrogens is 5. The minimum atomic E-state index is -0.471. The molecular weight excluding hydrogens is 287 g/mol. The monoisotopic (exact) mass is 298 g/mol. The third-order valence-electron chi connectivity index (χ3n) is 2.97. The summed E-state index contributed by atoms with van der Waals surface area (Å²) in [5, 5.41) is 14.2. The summed E-state index contributed by atoms with van der Waals surface area (Å²) in [5.74, 6) is -0.415. The Morgan fingerprint density at radius 2 is 2.09 bits per heavy atom. The highest BCUT2D eigenvalue weighted by Crippen LogP contribution is 2.14. The van der Waals surface area contributed by atoms with E-state index in [1.165, 1.54) is 29.5 Å². The van der Waals surface area contributed by atoms with Gasteiger partial charge in [0.05, 0.1) is 0 Å². The summed E-state index contributed by atoms with van der Waals surface area (Å²) in [5.41, 5.74) is 0.982. The fourth-order valence-corrected chi connectivity index (χ4v) is 1.76. The fraction of sp³-hybridized carbons (Fsp3) is 0.0714. The molecule has 0 saturated carbocycles. The molecule has 0 aliphatic rings. The number of nitrogens with zero attached hydrogens (tertiary/aromatic N) is 5. The van der Waals surface area contributed by atoms with E-state index in [0.29, 0.717) is 17.1 Å². The molecule has 2 heterocycles. The number of amides is 1. The van der Waals surface area contributed by atoms with Crippen LogP contribution >= 0.6 is 0 Å². The molecule has 0 aliphatic heterocycles. The van der Waals surface area contributed by atoms with Crippen LogP contribution in [0.1, 0.15) is 16.1 Å². The van der Waals surface area contributed by atoms with Crippen molar-refractivity contribution in [1.29, 1.82) is 0 Å². The average molecular weight is 298 g/mol. The summed E-state index contributed by atoms with van der Waals surface area (Å²) < 4.78 is 14.9. The molecule has 0 aliphatic carbocycles. The fourth-order valence-electron chi connectivity index (χ4n) is 1.76. The van der Waals surface area contributed by atoms with Gasteiger partial charge < -0.3 is 5.32 Å². The van der Waals surface area contributed by atoms with Gasteiger partial charge in [-0.25, -0.2) is 14.1 Å². The molecule has 7 nitrogen and oxygen atoms in total. The van der Waals surface area contributed by atoms with E-state index in [4.69, 9.17) is 0 Å². The van der Waals surface area contributed by atoms with Crippen molar-refractivity contribution in [2.45, 2.75) is 6.92 Å². The lowest BCUT2D eigenvalue weighted by Gasteiger charge is -2.06. The second-order valence-corrected chi connectivity index (χ2v) is 4.53. The second-order valence-electron chi connectivity index (χ2n) is 4.53. The van der Waals surface area contributed by atoms with E-state index >= 15 is 0 Å². The maximum absolute atomic E-state index is 13.4. The second kappa shape index (κ2) is 5.68. The molecule has 0 atom stereocenters. The number of rotatable bonds is 3. The van der Waals surface area contributed by atoms with Gasteiger partial charge in [0, 0.05) is 5.69 Å². The highest BCUT2D eigenvalue weighted by Gasteiger charge is 2.10. The minimum Gasteiger partial charge on any atom is -0.320 e. The third-order valence-corrected chi connectivity index (χ3v) is 2.97. The predicted octanol–water partition coefficient (Wildman–Crippen LogP) is 1.76. The van der Waals surface area contributed by atoms with Crippen LogP contribution in [0, 0.1) is 12.7 Å². The molecule has 0 fully saturated rings. The van der Waals surface area contributed by atoms with Crippen LogP contribution in [0.15, 0.2) is 43.0 Å². The van der Waals surface area contributed by atoms with Crippen molar-refractivity contribution >= 4 is 11.6 Å². The molecule has 0 saturated heterocycles. The molecule has 1 amide bonds. The maximum Gasteiger partial charge on any atom is 0.276 e. The first-order valence-electron chi connectivity index (χ1n) is 6.40. The Kier molecular flexibility index (Phi) is 3.57. The molecule has 110 valence electrons. The molecule has 0 bridgehead atoms. The zero-order chi connectivity index (χ0) is 15.5. The number of benzene rings is 1. The van der Waals surface area contributed by atoms with Gasteiger partial charge in [-0.2, -0.15) is 5.10 Å². The Balaban J connectivity index is 1.76. The van der Waals surface area contributed by atoms with Crippen molar-refractivity contribution in [1.82, 2.24) is 25.0 Å². The van der Waals surface area contributed by atoms with Crippen LogP contribution in [0.2, 0.25) is 0 Å². The van der Waals surface area contributed by atoms with Crippen LogP contribution in [0.3, 0.4) is 0 Å². The summed E-state index contributed by atoms with van der Waals surface area (Å²) in [6.07, 6.45) is 2.84. The van der Waals surface area contributed by atoms with Gasteiger partial charge in [0.25, 0.3) is 5.91 Å². The number of hydrogen-bond donors (Lipinski definition) is 1. The summed E-state index contributed by atoms with van der Waals surface area (Å²) in [4.78, 5) is 15.8. The molecule has 22 heavy (non-hydrogen) atoms. The Labute approximate surface area is 124 Å². The molecule has 1 aromatic carbocycles. The van der Waals surface area contributed by atoms with Crippen LogP contribution in [-0.2, 0) is 0 Å². The van der Waals surface area contributed by atoms with Crippen LogP contribution in [0.4, 0.5) is 10.1 Å². The van der Waals surface area contributed by atoms with Gasteiger partial charge in [-0.15, -0.1) is 10.2 Å². The third kappa shape index (κ3) is 2.80. The van der Waals surface area contributed by atoms with Crippen molar-refractivity contribution < 1.29 is 9.18 Å². The lowest BCUT2D eigenvalue weighted by atomic mass is 10.2. The summed E-state index contributed by atoms with van der Waals surface area (Å²) in [7, 11) is 0. The first-order chi connectivity index (χ1) is 10.6. The van der Waals surface area contributed by atoms with Crippen molar-refractivity contribution in [2.24, 2.45) is 0 Å². The first kappa shape index (κ1) is 13.8. The molecule has 0 spiro atoms. The van der Waals surface area contributed by atoms with E-state index in [1.54, 1.807) is 25.1 Å². The molecule has 0 unspecified atom stereocenters. The minimum absolute atomic E-state index is 0.116. The Morgan fingerprint density at radius 3 is 2.73 bits per heavy atom. The van der Waals surface area contributed by atoms with Crippen LogP contribution in [0.25, 0.3) is 5.82 Å². The Morgan fingerprint density at radius 1 is 1.23 bits per heavy atom. The van der Waals surface area contributed by atoms with Gasteiger partial charge in [0.1, 0.15) is 18.5 Å². The predicted molar refractivity (Wildman–Crippen MR) is 76.0 cm³/mol. The Bertz CT molecular complexity index is 801. The zero-order valence-electron chi connectivity index (χ0n) is 11.6. The van der Waals surface area contributed by atoms with Gasteiger partial charge >= 0.3 is 0 Å². The van der Waals surface area contributed by atoms with E-state index in [1.807, 2.05) is 0 Å². The van der Waals surface area contributed by atoms with E-state index in [0.717, 1.165) is 0 Å². The largest absolute Gasteiger partial charge is 0.320 e. The summed E-state index contributed by atoms with van der Waals surface area (Å²) in [6.45, 7) is 1.65. The van der Waals surface area contributed by atoms with Crippen molar-refractivity contribution in [3.05, 3.63) is 60.1 Å². The zero-order valence-corrected chi connectivity index (χ0v) is 11.6. The van der Waals surface area contributed by atoms with Gasteiger partial charge in [0.2, 0.25) is 0 Å². The average Bonchev–Trinajstić information content (AvgIpc) is 3.05. The van der Waals surface area contributed by atoms with Crippen LogP contribution < -0.4 is 5.32 Å². The lowest BCUT2D eigenvalue weighted by molar-refractivity contribution is 0.102. The number of anilines is 1. The molecule has 3 rings (SSSR count). The Hall–Kier alpha value is -3.16. The van der Waals surface area contributed by atoms with Gasteiger partial charge in [-0.3, -0.25) is 4.79 Å². The first-order valence-corrected chi connectivity index (χ1v) is 6.40. The van der Waals surface area contributed by atoms with E-state index < -0.39 is 5.91 Å². The summed E-state index contributed by atoms with van der Waals surface area (Å²) in [6, 6.07) is 7.55. The van der Waals surface area contributed by atoms with Crippen molar-refractivity contribution in [2.75, 3.05) is 5.32 Å². The molecule has 2 aromatic heterocycles. The highest BCUT2D eigenvalue weighted by molar-refractivity contribution is 6.02. The molecule has 8 heteroatoms. The lowest BCUT2D eigenvalue weighted by Crippen LogP contribution is -2.15. The van der Waals surface area contributed by atoms with Crippen molar-refractivity contribution in [3.63, 3.8) is 0 Å². The molecule has 3 aromatic rings. The van der Waals surface area contributed by atoms with Crippen LogP contribution in [0.5, 0.6) is 0 Å². The SMILES string of the molecule is Cc1ccc(NC(=O)c2ccc(-n3cncn3)nn2)cc1F. The topological polar surface area (TPSA) is 85.6 Å². The van der Waals surface area contributed by atoms with Gasteiger partial charge in [-0.1, -0.05) is 6.07 Å². The van der Waals surface area contributed by atoms with E-state index in [-0.39, 0.29) is 11.5 Å². The molecule has 1 N–H and O–H groups in total. The number of halogens is 1. The summed E-state index contributed by atoms with van der Waals surface area (Å²) >= 11 is 0. The van der Waals surface area contributed by atoms with Gasteiger partial charge in [0.15, 0.2) is 11.5 Å². The quantitative estimate of drug-likeness (QED) is 0.796. The molecule has 0 radical (unpaired) electrons. The number of carbonyl (C=O) groups is 1. The maximum atomic E-state index is 13.4. The van der Waals surface area contributed by atoms with Crippen molar-refractivity contribution in [3.8, 4) is 5.82 Å². The standard InChI is InChI=1S/C14H11FN6O/c1-9-2-3-10(6-11(9)15)18-14(22)12-4-5-13(20-19-12)21-8-16-7-17-21/h2-8H,1H3,(H,18,22). The number of carbonyl (C=O) groups excluding carboxylic acids is 1. The van der Waals surface area contributed by atoms with E-state index in [9.17, 15) is 9.18 Å². The van der Waals surface area contributed by atoms with E-state index in [2.05, 4.69) is 25.6 Å². The van der Waals surface area contributed by atoms with Crippen LogP contribution in [-0.4, -0.2) is 30.9 Å². The smallest absolute Gasteiger partial charge is 0.276 e. The highest BCUT2D eigenvalue weighted by atomic mass is 19.1. The number of nitrogens with one attached hydrogen (secondary N) is 1. The van der Waals surface area contributed by atoms with Gasteiger partial charge in [-0.05, 0) is 36.8 Å². The normalized spacial score (nSPS) is 10.5. The number of aryl methyl sites for hydroxylation is 1.